The summed E-state index contributed by atoms with van der Waals surface area (Å²) in [7, 11) is 1.64. The molecule has 9 heteroatoms. The number of carboxylic acids is 1. The van der Waals surface area contributed by atoms with Crippen LogP contribution < -0.4 is 0 Å². The minimum absolute atomic E-state index is 0.0913. The number of unbranched alkanes of at least 4 members (excludes halogenated alkanes) is 2. The molecule has 0 bridgehead atoms. The van der Waals surface area contributed by atoms with Crippen molar-refractivity contribution in [2.45, 2.75) is 57.7 Å². The van der Waals surface area contributed by atoms with Gasteiger partial charge in [0, 0.05) is 26.0 Å². The molecule has 224 valence electrons. The minimum Gasteiger partial charge on any atom is -0.481 e. The largest absolute Gasteiger partial charge is 0.481 e. The van der Waals surface area contributed by atoms with Gasteiger partial charge < -0.3 is 24.1 Å². The second kappa shape index (κ2) is 13.6. The Morgan fingerprint density at radius 3 is 2.57 bits per heavy atom. The molecule has 0 spiro atoms. The van der Waals surface area contributed by atoms with E-state index in [0.717, 1.165) is 22.3 Å². The number of rotatable bonds is 14. The van der Waals surface area contributed by atoms with Crippen LogP contribution in [0.5, 0.6) is 0 Å². The summed E-state index contributed by atoms with van der Waals surface area (Å²) in [4.78, 5) is 39.2. The van der Waals surface area contributed by atoms with E-state index < -0.39 is 17.8 Å². The van der Waals surface area contributed by atoms with Gasteiger partial charge in [-0.05, 0) is 72.6 Å². The summed E-state index contributed by atoms with van der Waals surface area (Å²) in [5.41, 5.74) is 4.31. The highest BCUT2D eigenvalue weighted by Gasteiger charge is 2.56. The third-order valence-electron chi connectivity index (χ3n) is 8.67. The number of hydrogen-bond donors (Lipinski definition) is 2. The number of methoxy groups -OCH3 is 1. The number of fused-ring (bicyclic) bond motifs is 3. The molecule has 2 amide bonds. The first-order valence-electron chi connectivity index (χ1n) is 14.8. The normalized spacial score (nSPS) is 24.0. The van der Waals surface area contributed by atoms with Gasteiger partial charge >= 0.3 is 5.97 Å². The Morgan fingerprint density at radius 2 is 1.86 bits per heavy atom. The summed E-state index contributed by atoms with van der Waals surface area (Å²) < 4.78 is 17.7. The van der Waals surface area contributed by atoms with Crippen LogP contribution in [-0.2, 0) is 30.5 Å². The summed E-state index contributed by atoms with van der Waals surface area (Å²) in [6.07, 6.45) is 5.56. The van der Waals surface area contributed by atoms with Crippen LogP contribution in [0.25, 0.3) is 11.6 Å². The zero-order valence-electron chi connectivity index (χ0n) is 24.0. The van der Waals surface area contributed by atoms with Crippen molar-refractivity contribution in [3.8, 4) is 0 Å². The molecule has 2 N–H and O–H groups in total. The third kappa shape index (κ3) is 6.43. The number of carbonyl (C=O) groups excluding carboxylic acids is 2. The van der Waals surface area contributed by atoms with Gasteiger partial charge in [-0.3, -0.25) is 19.3 Å². The topological polar surface area (TPSA) is 127 Å². The van der Waals surface area contributed by atoms with Gasteiger partial charge in [0.25, 0.3) is 0 Å². The lowest BCUT2D eigenvalue weighted by Gasteiger charge is -2.31. The number of ether oxygens (including phenoxy) is 2. The van der Waals surface area contributed by atoms with Gasteiger partial charge in [-0.1, -0.05) is 36.8 Å². The second-order valence-electron chi connectivity index (χ2n) is 11.3. The predicted octanol–water partition coefficient (Wildman–Crippen LogP) is 4.70. The molecule has 9 nitrogen and oxygen atoms in total. The van der Waals surface area contributed by atoms with Crippen molar-refractivity contribution < 1.29 is 38.5 Å². The number of aliphatic hydroxyl groups is 1. The van der Waals surface area contributed by atoms with E-state index in [4.69, 9.17) is 19.0 Å². The number of carboxylic acid groups (broad SMARTS) is 1. The molecule has 5 rings (SSSR count). The maximum atomic E-state index is 13.6. The monoisotopic (exact) mass is 577 g/mol. The Kier molecular flexibility index (Phi) is 9.72. The average molecular weight is 578 g/mol. The first kappa shape index (κ1) is 29.9. The number of carbonyl (C=O) groups is 3. The Morgan fingerprint density at radius 1 is 1.05 bits per heavy atom. The Balaban J connectivity index is 1.32. The van der Waals surface area contributed by atoms with Crippen LogP contribution in [-0.4, -0.2) is 65.9 Å². The molecule has 2 saturated heterocycles. The standard InChI is InChI=1S/C33H39NO8/c1-40-19-23-17-26-31(33(39)34(32(26)38)15-7-3-6-10-29(36)37)27-20-41-28(30(23)27)14-11-22(21-8-4-2-5-9-21)16-24-12-13-25(18-35)42-24/h2,4-5,8-9,12-13,16,26-28,31,35H,3,6-7,10-11,14-15,17-20H2,1H3,(H,36,37)/b22-16-/t26-,27+,28-,31-/m1/s1. The fraction of sp³-hybridized carbons (Fsp3) is 0.485. The molecule has 0 saturated carbocycles. The van der Waals surface area contributed by atoms with Crippen LogP contribution in [0.1, 0.15) is 62.0 Å². The van der Waals surface area contributed by atoms with E-state index >= 15 is 0 Å². The molecule has 0 radical (unpaired) electrons. The molecule has 1 aliphatic carbocycles. The highest BCUT2D eigenvalue weighted by atomic mass is 16.5. The van der Waals surface area contributed by atoms with Gasteiger partial charge in [0.05, 0.1) is 31.2 Å². The fourth-order valence-electron chi connectivity index (χ4n) is 6.76. The average Bonchev–Trinajstić information content (AvgIpc) is 3.69. The minimum atomic E-state index is -0.836. The molecule has 3 heterocycles. The summed E-state index contributed by atoms with van der Waals surface area (Å²) in [6, 6.07) is 13.7. The van der Waals surface area contributed by atoms with Crippen molar-refractivity contribution >= 4 is 29.4 Å². The van der Waals surface area contributed by atoms with E-state index in [1.165, 1.54) is 4.90 Å². The lowest BCUT2D eigenvalue weighted by molar-refractivity contribution is -0.141. The van der Waals surface area contributed by atoms with Crippen molar-refractivity contribution in [2.75, 3.05) is 26.9 Å². The molecule has 3 aliphatic rings. The van der Waals surface area contributed by atoms with Gasteiger partial charge in [0.1, 0.15) is 18.1 Å². The predicted molar refractivity (Wildman–Crippen MR) is 155 cm³/mol. The number of furan rings is 1. The number of nitrogens with zero attached hydrogens (tertiary/aromatic N) is 1. The second-order valence-corrected chi connectivity index (χ2v) is 11.3. The maximum Gasteiger partial charge on any atom is 0.303 e. The lowest BCUT2D eigenvalue weighted by Crippen LogP contribution is -2.35. The van der Waals surface area contributed by atoms with Crippen molar-refractivity contribution in [1.82, 2.24) is 4.90 Å². The number of aliphatic hydroxyl groups excluding tert-OH is 1. The fourth-order valence-corrected chi connectivity index (χ4v) is 6.76. The van der Waals surface area contributed by atoms with E-state index in [-0.39, 0.29) is 36.9 Å². The van der Waals surface area contributed by atoms with Crippen molar-refractivity contribution in [3.63, 3.8) is 0 Å². The molecule has 2 aliphatic heterocycles. The highest BCUT2D eigenvalue weighted by molar-refractivity contribution is 6.06. The molecule has 0 unspecified atom stereocenters. The molecule has 1 aromatic heterocycles. The summed E-state index contributed by atoms with van der Waals surface area (Å²) in [5.74, 6) is -0.916. The number of amides is 2. The molecule has 2 fully saturated rings. The van der Waals surface area contributed by atoms with E-state index in [1.807, 2.05) is 30.3 Å². The Bertz CT molecular complexity index is 1340. The van der Waals surface area contributed by atoms with Gasteiger partial charge in [-0.2, -0.15) is 0 Å². The van der Waals surface area contributed by atoms with E-state index in [0.29, 0.717) is 69.8 Å². The van der Waals surface area contributed by atoms with Crippen LogP contribution in [0.4, 0.5) is 0 Å². The number of imide groups is 1. The molecule has 1 aromatic carbocycles. The quantitative estimate of drug-likeness (QED) is 0.188. The molecule has 4 atom stereocenters. The van der Waals surface area contributed by atoms with Crippen molar-refractivity contribution in [1.29, 1.82) is 0 Å². The highest BCUT2D eigenvalue weighted by Crippen LogP contribution is 2.50. The van der Waals surface area contributed by atoms with Crippen LogP contribution in [0, 0.1) is 17.8 Å². The van der Waals surface area contributed by atoms with E-state index in [2.05, 4.69) is 12.1 Å². The van der Waals surface area contributed by atoms with Gasteiger partial charge in [0.15, 0.2) is 0 Å². The number of likely N-dealkylation sites (tertiary alicyclic amines) is 1. The van der Waals surface area contributed by atoms with E-state index in [9.17, 15) is 19.5 Å². The summed E-state index contributed by atoms with van der Waals surface area (Å²) in [5, 5.41) is 18.3. The van der Waals surface area contributed by atoms with E-state index in [1.54, 1.807) is 13.2 Å². The lowest BCUT2D eigenvalue weighted by atomic mass is 9.69. The number of benzene rings is 1. The van der Waals surface area contributed by atoms with Gasteiger partial charge in [-0.25, -0.2) is 0 Å². The molecular formula is C33H39NO8. The number of hydrogen-bond acceptors (Lipinski definition) is 7. The summed E-state index contributed by atoms with van der Waals surface area (Å²) in [6.45, 7) is 0.950. The smallest absolute Gasteiger partial charge is 0.303 e. The molecule has 42 heavy (non-hydrogen) atoms. The van der Waals surface area contributed by atoms with Gasteiger partial charge in [0.2, 0.25) is 11.8 Å². The zero-order chi connectivity index (χ0) is 29.6. The number of aliphatic carboxylic acids is 1. The van der Waals surface area contributed by atoms with Crippen LogP contribution in [0.3, 0.4) is 0 Å². The zero-order valence-corrected chi connectivity index (χ0v) is 24.0. The van der Waals surface area contributed by atoms with Gasteiger partial charge in [-0.15, -0.1) is 0 Å². The molecule has 2 aromatic rings. The maximum absolute atomic E-state index is 13.6. The van der Waals surface area contributed by atoms with Crippen LogP contribution in [0.15, 0.2) is 58.0 Å². The third-order valence-corrected chi connectivity index (χ3v) is 8.67. The Hall–Kier alpha value is -3.53. The SMILES string of the molecule is COCC1=C2[C@@H](CC/C(=C/c3ccc(CO)o3)c3ccccc3)OC[C@@H]2[C@@H]2C(=O)N(CCCCCC(=O)O)C(=O)[C@@H]2C1. The van der Waals surface area contributed by atoms with Crippen LogP contribution in [0.2, 0.25) is 0 Å². The Labute approximate surface area is 245 Å². The van der Waals surface area contributed by atoms with Crippen molar-refractivity contribution in [3.05, 3.63) is 70.7 Å². The summed E-state index contributed by atoms with van der Waals surface area (Å²) >= 11 is 0. The molecular weight excluding hydrogens is 538 g/mol. The first-order valence-corrected chi connectivity index (χ1v) is 14.8. The van der Waals surface area contributed by atoms with Crippen molar-refractivity contribution in [2.24, 2.45) is 17.8 Å². The first-order chi connectivity index (χ1) is 20.4. The van der Waals surface area contributed by atoms with Crippen LogP contribution >= 0.6 is 0 Å². The number of allylic oxidation sites excluding steroid dienone is 1.